The molecule has 1 N–H and O–H groups in total. The van der Waals surface area contributed by atoms with E-state index in [2.05, 4.69) is 4.98 Å². The first kappa shape index (κ1) is 12.9. The predicted octanol–water partition coefficient (Wildman–Crippen LogP) is 3.16. The fraction of sp³-hybridized carbons (Fsp3) is 0.0769. The summed E-state index contributed by atoms with van der Waals surface area (Å²) >= 11 is 0. The molecule has 4 nitrogen and oxygen atoms in total. The topological polar surface area (TPSA) is 59.4 Å². The third kappa shape index (κ3) is 2.85. The van der Waals surface area contributed by atoms with E-state index in [1.54, 1.807) is 6.92 Å². The average Bonchev–Trinajstić information content (AvgIpc) is 2.36. The van der Waals surface area contributed by atoms with E-state index in [0.717, 1.165) is 12.3 Å². The Labute approximate surface area is 107 Å². The van der Waals surface area contributed by atoms with Gasteiger partial charge >= 0.3 is 5.97 Å². The van der Waals surface area contributed by atoms with Gasteiger partial charge in [-0.15, -0.1) is 0 Å². The minimum absolute atomic E-state index is 0.223. The number of rotatable bonds is 3. The van der Waals surface area contributed by atoms with Gasteiger partial charge in [-0.3, -0.25) is 0 Å². The quantitative estimate of drug-likeness (QED) is 0.926. The van der Waals surface area contributed by atoms with Crippen molar-refractivity contribution in [2.45, 2.75) is 6.92 Å². The van der Waals surface area contributed by atoms with Crippen LogP contribution in [0.15, 0.2) is 30.5 Å². The highest BCUT2D eigenvalue weighted by Crippen LogP contribution is 2.25. The number of hydrogen-bond donors (Lipinski definition) is 1. The molecule has 0 spiro atoms. The normalized spacial score (nSPS) is 10.3. The number of ether oxygens (including phenoxy) is 1. The maximum atomic E-state index is 13.1. The number of carboxylic acids is 1. The first-order chi connectivity index (χ1) is 8.97. The molecule has 0 amide bonds. The second kappa shape index (κ2) is 5.01. The van der Waals surface area contributed by atoms with Crippen molar-refractivity contribution in [3.63, 3.8) is 0 Å². The Kier molecular flexibility index (Phi) is 3.41. The molecule has 19 heavy (non-hydrogen) atoms. The number of aromatic carboxylic acids is 1. The lowest BCUT2D eigenvalue weighted by Crippen LogP contribution is -2.03. The van der Waals surface area contributed by atoms with E-state index in [1.165, 1.54) is 18.2 Å². The number of nitrogens with zero attached hydrogens (tertiary/aromatic N) is 1. The number of carbonyl (C=O) groups is 1. The number of pyridine rings is 1. The van der Waals surface area contributed by atoms with Gasteiger partial charge in [-0.25, -0.2) is 18.6 Å². The molecule has 1 aromatic heterocycles. The van der Waals surface area contributed by atoms with E-state index < -0.39 is 23.2 Å². The molecule has 0 aliphatic heterocycles. The number of carboxylic acid groups (broad SMARTS) is 1. The van der Waals surface area contributed by atoms with Gasteiger partial charge in [0.1, 0.15) is 22.9 Å². The van der Waals surface area contributed by atoms with Gasteiger partial charge in [0.15, 0.2) is 0 Å². The van der Waals surface area contributed by atoms with Crippen molar-refractivity contribution in [2.24, 2.45) is 0 Å². The second-order valence-corrected chi connectivity index (χ2v) is 3.82. The van der Waals surface area contributed by atoms with E-state index in [-0.39, 0.29) is 11.6 Å². The smallest absolute Gasteiger partial charge is 0.341 e. The van der Waals surface area contributed by atoms with Crippen LogP contribution in [0.25, 0.3) is 0 Å². The van der Waals surface area contributed by atoms with E-state index >= 15 is 0 Å². The SMILES string of the molecule is Cc1cc(Oc2ncc(F)cc2C(=O)O)ccc1F. The third-order valence-electron chi connectivity index (χ3n) is 2.39. The number of benzene rings is 1. The van der Waals surface area contributed by atoms with Gasteiger partial charge < -0.3 is 9.84 Å². The molecular weight excluding hydrogens is 256 g/mol. The minimum Gasteiger partial charge on any atom is -0.477 e. The van der Waals surface area contributed by atoms with Gasteiger partial charge in [-0.2, -0.15) is 0 Å². The van der Waals surface area contributed by atoms with Gasteiger partial charge in [0.05, 0.1) is 6.20 Å². The molecule has 1 aromatic carbocycles. The van der Waals surface area contributed by atoms with E-state index in [1.807, 2.05) is 0 Å². The van der Waals surface area contributed by atoms with Gasteiger partial charge in [-0.1, -0.05) is 0 Å². The maximum Gasteiger partial charge on any atom is 0.341 e. The van der Waals surface area contributed by atoms with E-state index in [9.17, 15) is 13.6 Å². The Morgan fingerprint density at radius 1 is 1.32 bits per heavy atom. The highest BCUT2D eigenvalue weighted by Gasteiger charge is 2.15. The monoisotopic (exact) mass is 265 g/mol. The summed E-state index contributed by atoms with van der Waals surface area (Å²) in [4.78, 5) is 14.5. The van der Waals surface area contributed by atoms with Crippen LogP contribution in [0.3, 0.4) is 0 Å². The van der Waals surface area contributed by atoms with Crippen LogP contribution >= 0.6 is 0 Å². The van der Waals surface area contributed by atoms with Crippen LogP contribution in [0.1, 0.15) is 15.9 Å². The molecule has 98 valence electrons. The maximum absolute atomic E-state index is 13.1. The van der Waals surface area contributed by atoms with Crippen LogP contribution in [0.2, 0.25) is 0 Å². The molecule has 0 aliphatic rings. The van der Waals surface area contributed by atoms with Crippen LogP contribution < -0.4 is 4.74 Å². The van der Waals surface area contributed by atoms with Crippen molar-refractivity contribution in [3.8, 4) is 11.6 Å². The zero-order valence-corrected chi connectivity index (χ0v) is 9.85. The number of aryl methyl sites for hydroxylation is 1. The van der Waals surface area contributed by atoms with Crippen molar-refractivity contribution in [1.29, 1.82) is 0 Å². The first-order valence-electron chi connectivity index (χ1n) is 5.30. The zero-order valence-electron chi connectivity index (χ0n) is 9.85. The molecule has 6 heteroatoms. The number of halogens is 2. The molecule has 0 bridgehead atoms. The Hall–Kier alpha value is -2.50. The fourth-order valence-electron chi connectivity index (χ4n) is 1.45. The van der Waals surface area contributed by atoms with Crippen molar-refractivity contribution in [2.75, 3.05) is 0 Å². The summed E-state index contributed by atoms with van der Waals surface area (Å²) in [6, 6.07) is 4.72. The highest BCUT2D eigenvalue weighted by atomic mass is 19.1. The molecule has 2 aromatic rings. The molecule has 0 radical (unpaired) electrons. The summed E-state index contributed by atoms with van der Waals surface area (Å²) < 4.78 is 31.3. The van der Waals surface area contributed by atoms with Gasteiger partial charge in [0.2, 0.25) is 5.88 Å². The summed E-state index contributed by atoms with van der Waals surface area (Å²) in [6.45, 7) is 1.54. The Balaban J connectivity index is 2.37. The van der Waals surface area contributed by atoms with Crippen LogP contribution in [0.5, 0.6) is 11.6 Å². The van der Waals surface area contributed by atoms with Gasteiger partial charge in [0, 0.05) is 0 Å². The predicted molar refractivity (Wildman–Crippen MR) is 62.4 cm³/mol. The minimum atomic E-state index is -1.36. The summed E-state index contributed by atoms with van der Waals surface area (Å²) in [5.41, 5.74) is -0.0570. The number of hydrogen-bond acceptors (Lipinski definition) is 3. The highest BCUT2D eigenvalue weighted by molar-refractivity contribution is 5.90. The summed E-state index contributed by atoms with van der Waals surface area (Å²) in [7, 11) is 0. The summed E-state index contributed by atoms with van der Waals surface area (Å²) in [5, 5.41) is 8.92. The zero-order chi connectivity index (χ0) is 14.0. The molecule has 0 saturated heterocycles. The lowest BCUT2D eigenvalue weighted by atomic mass is 10.2. The summed E-state index contributed by atoms with van der Waals surface area (Å²) in [5.74, 6) is -2.57. The lowest BCUT2D eigenvalue weighted by Gasteiger charge is -2.08. The third-order valence-corrected chi connectivity index (χ3v) is 2.39. The Bertz CT molecular complexity index is 644. The molecule has 0 unspecified atom stereocenters. The van der Waals surface area contributed by atoms with Crippen LogP contribution in [-0.4, -0.2) is 16.1 Å². The average molecular weight is 265 g/mol. The first-order valence-corrected chi connectivity index (χ1v) is 5.30. The Morgan fingerprint density at radius 3 is 2.68 bits per heavy atom. The summed E-state index contributed by atoms with van der Waals surface area (Å²) in [6.07, 6.45) is 0.845. The molecule has 2 rings (SSSR count). The van der Waals surface area contributed by atoms with Crippen molar-refractivity contribution >= 4 is 5.97 Å². The van der Waals surface area contributed by atoms with Crippen molar-refractivity contribution in [1.82, 2.24) is 4.98 Å². The Morgan fingerprint density at radius 2 is 2.05 bits per heavy atom. The standard InChI is InChI=1S/C13H9F2NO3/c1-7-4-9(2-3-11(7)15)19-12-10(13(17)18)5-8(14)6-16-12/h2-6H,1H3,(H,17,18). The molecule has 0 fully saturated rings. The fourth-order valence-corrected chi connectivity index (χ4v) is 1.45. The molecule has 0 aliphatic carbocycles. The number of aromatic nitrogens is 1. The van der Waals surface area contributed by atoms with Gasteiger partial charge in [0.25, 0.3) is 0 Å². The van der Waals surface area contributed by atoms with E-state index in [4.69, 9.17) is 9.84 Å². The molecule has 1 heterocycles. The van der Waals surface area contributed by atoms with Crippen LogP contribution in [0, 0.1) is 18.6 Å². The van der Waals surface area contributed by atoms with Crippen molar-refractivity contribution in [3.05, 3.63) is 53.2 Å². The molecule has 0 atom stereocenters. The largest absolute Gasteiger partial charge is 0.477 e. The van der Waals surface area contributed by atoms with Gasteiger partial charge in [-0.05, 0) is 36.8 Å². The lowest BCUT2D eigenvalue weighted by molar-refractivity contribution is 0.0692. The van der Waals surface area contributed by atoms with E-state index in [0.29, 0.717) is 5.56 Å². The van der Waals surface area contributed by atoms with Crippen LogP contribution in [0.4, 0.5) is 8.78 Å². The second-order valence-electron chi connectivity index (χ2n) is 3.82. The van der Waals surface area contributed by atoms with Crippen molar-refractivity contribution < 1.29 is 23.4 Å². The van der Waals surface area contributed by atoms with Crippen LogP contribution in [-0.2, 0) is 0 Å². The molecule has 0 saturated carbocycles. The molecular formula is C13H9F2NO3.